The van der Waals surface area contributed by atoms with Gasteiger partial charge in [0.05, 0.1) is 10.6 Å². The Morgan fingerprint density at radius 2 is 1.51 bits per heavy atom. The highest BCUT2D eigenvalue weighted by atomic mass is 32.2. The fourth-order valence-electron chi connectivity index (χ4n) is 4.12. The van der Waals surface area contributed by atoms with E-state index in [0.29, 0.717) is 6.42 Å². The molecule has 0 spiro atoms. The molecule has 0 aliphatic carbocycles. The minimum absolute atomic E-state index is 0.119. The topological polar surface area (TPSA) is 86.8 Å². The van der Waals surface area contributed by atoms with Gasteiger partial charge in [0.15, 0.2) is 0 Å². The van der Waals surface area contributed by atoms with Gasteiger partial charge < -0.3 is 10.2 Å². The lowest BCUT2D eigenvalue weighted by molar-refractivity contribution is -0.141. The lowest BCUT2D eigenvalue weighted by Gasteiger charge is -2.34. The third-order valence-corrected chi connectivity index (χ3v) is 7.87. The molecule has 0 saturated carbocycles. The summed E-state index contributed by atoms with van der Waals surface area (Å²) in [7, 11) is -4.24. The van der Waals surface area contributed by atoms with Crippen LogP contribution in [-0.2, 0) is 26.2 Å². The van der Waals surface area contributed by atoms with E-state index < -0.39 is 39.9 Å². The van der Waals surface area contributed by atoms with E-state index in [1.165, 1.54) is 17.0 Å². The maximum atomic E-state index is 14.0. The Morgan fingerprint density at radius 3 is 2.05 bits per heavy atom. The summed E-state index contributed by atoms with van der Waals surface area (Å²) in [4.78, 5) is 28.6. The summed E-state index contributed by atoms with van der Waals surface area (Å²) in [5.74, 6) is -1.43. The van der Waals surface area contributed by atoms with Gasteiger partial charge in [0.2, 0.25) is 11.8 Å². The average Bonchev–Trinajstić information content (AvgIpc) is 2.87. The van der Waals surface area contributed by atoms with E-state index in [1.54, 1.807) is 30.3 Å². The summed E-state index contributed by atoms with van der Waals surface area (Å²) < 4.78 is 42.0. The quantitative estimate of drug-likeness (QED) is 0.381. The number of carbonyl (C=O) groups excluding carboxylic acids is 2. The molecule has 2 amide bonds. The zero-order chi connectivity index (χ0) is 28.8. The van der Waals surface area contributed by atoms with E-state index in [9.17, 15) is 22.4 Å². The van der Waals surface area contributed by atoms with Gasteiger partial charge in [-0.3, -0.25) is 13.9 Å². The molecular formula is C30H36FN3O4S. The first-order valence-corrected chi connectivity index (χ1v) is 14.3. The molecule has 0 aliphatic heterocycles. The molecular weight excluding hydrogens is 517 g/mol. The SMILES string of the molecule is CC[C@@H](C(=O)NC(C)(C)C)N(Cc1ccc(C)cc1)C(=O)CN(c1ccccc1)S(=O)(=O)c1ccc(F)cc1. The standard InChI is InChI=1S/C30H36FN3O4S/c1-6-27(29(36)32-30(3,4)5)33(20-23-14-12-22(2)13-15-23)28(35)21-34(25-10-8-7-9-11-25)39(37,38)26-18-16-24(31)17-19-26/h7-19,27H,6,20-21H2,1-5H3,(H,32,36)/t27-/m0/s1. The van der Waals surface area contributed by atoms with Crippen molar-refractivity contribution in [2.75, 3.05) is 10.8 Å². The maximum absolute atomic E-state index is 14.0. The molecule has 0 aromatic heterocycles. The second kappa shape index (κ2) is 12.4. The van der Waals surface area contributed by atoms with Crippen LogP contribution in [0.25, 0.3) is 0 Å². The van der Waals surface area contributed by atoms with E-state index in [4.69, 9.17) is 0 Å². The van der Waals surface area contributed by atoms with Crippen molar-refractivity contribution in [1.82, 2.24) is 10.2 Å². The van der Waals surface area contributed by atoms with E-state index in [2.05, 4.69) is 5.32 Å². The molecule has 3 rings (SSSR count). The number of sulfonamides is 1. The Kier molecular flexibility index (Phi) is 9.50. The zero-order valence-electron chi connectivity index (χ0n) is 23.0. The van der Waals surface area contributed by atoms with Crippen LogP contribution in [0.2, 0.25) is 0 Å². The van der Waals surface area contributed by atoms with Gasteiger partial charge in [-0.15, -0.1) is 0 Å². The Bertz CT molecular complexity index is 1370. The molecule has 1 atom stereocenters. The van der Waals surface area contributed by atoms with Gasteiger partial charge in [0.1, 0.15) is 18.4 Å². The molecule has 0 fully saturated rings. The third-order valence-electron chi connectivity index (χ3n) is 6.08. The van der Waals surface area contributed by atoms with E-state index >= 15 is 0 Å². The largest absolute Gasteiger partial charge is 0.350 e. The monoisotopic (exact) mass is 553 g/mol. The van der Waals surface area contributed by atoms with Gasteiger partial charge in [-0.2, -0.15) is 0 Å². The highest BCUT2D eigenvalue weighted by Gasteiger charge is 2.34. The van der Waals surface area contributed by atoms with E-state index in [-0.39, 0.29) is 23.0 Å². The van der Waals surface area contributed by atoms with Crippen molar-refractivity contribution in [1.29, 1.82) is 0 Å². The lowest BCUT2D eigenvalue weighted by atomic mass is 10.1. The lowest BCUT2D eigenvalue weighted by Crippen LogP contribution is -2.55. The smallest absolute Gasteiger partial charge is 0.264 e. The van der Waals surface area contributed by atoms with E-state index in [0.717, 1.165) is 27.6 Å². The fourth-order valence-corrected chi connectivity index (χ4v) is 5.53. The number of aryl methyl sites for hydroxylation is 1. The van der Waals surface area contributed by atoms with Crippen LogP contribution in [0.15, 0.2) is 83.8 Å². The minimum Gasteiger partial charge on any atom is -0.350 e. The van der Waals surface area contributed by atoms with Crippen molar-refractivity contribution in [2.45, 2.75) is 64.1 Å². The number of hydrogen-bond acceptors (Lipinski definition) is 4. The molecule has 1 N–H and O–H groups in total. The van der Waals surface area contributed by atoms with Crippen molar-refractivity contribution in [3.8, 4) is 0 Å². The van der Waals surface area contributed by atoms with E-state index in [1.807, 2.05) is 58.9 Å². The Balaban J connectivity index is 2.04. The summed E-state index contributed by atoms with van der Waals surface area (Å²) in [6.45, 7) is 8.91. The van der Waals surface area contributed by atoms with Gasteiger partial charge in [-0.05, 0) is 76.1 Å². The molecule has 0 bridgehead atoms. The first-order chi connectivity index (χ1) is 18.3. The van der Waals surface area contributed by atoms with Crippen LogP contribution in [0.4, 0.5) is 10.1 Å². The number of para-hydroxylation sites is 1. The normalized spacial score (nSPS) is 12.5. The number of amides is 2. The summed E-state index contributed by atoms with van der Waals surface area (Å²) in [5, 5.41) is 2.95. The molecule has 39 heavy (non-hydrogen) atoms. The van der Waals surface area contributed by atoms with Gasteiger partial charge in [-0.25, -0.2) is 12.8 Å². The summed E-state index contributed by atoms with van der Waals surface area (Å²) in [5.41, 5.74) is 1.61. The van der Waals surface area contributed by atoms with Crippen LogP contribution in [0.5, 0.6) is 0 Å². The van der Waals surface area contributed by atoms with Crippen molar-refractivity contribution in [2.24, 2.45) is 0 Å². The minimum atomic E-state index is -4.24. The number of nitrogens with one attached hydrogen (secondary N) is 1. The second-order valence-electron chi connectivity index (χ2n) is 10.5. The molecule has 0 saturated heterocycles. The Hall–Kier alpha value is -3.72. The predicted octanol–water partition coefficient (Wildman–Crippen LogP) is 5.05. The molecule has 208 valence electrons. The van der Waals surface area contributed by atoms with Crippen molar-refractivity contribution in [3.63, 3.8) is 0 Å². The van der Waals surface area contributed by atoms with Crippen LogP contribution in [0.1, 0.15) is 45.2 Å². The van der Waals surface area contributed by atoms with Gasteiger partial charge in [-0.1, -0.05) is 55.0 Å². The van der Waals surface area contributed by atoms with Crippen molar-refractivity contribution in [3.05, 3.63) is 95.8 Å². The van der Waals surface area contributed by atoms with Crippen LogP contribution in [0.3, 0.4) is 0 Å². The van der Waals surface area contributed by atoms with Crippen LogP contribution in [-0.4, -0.2) is 43.3 Å². The Morgan fingerprint density at radius 1 is 0.923 bits per heavy atom. The van der Waals surface area contributed by atoms with Gasteiger partial charge in [0.25, 0.3) is 10.0 Å². The summed E-state index contributed by atoms with van der Waals surface area (Å²) >= 11 is 0. The highest BCUT2D eigenvalue weighted by Crippen LogP contribution is 2.25. The first kappa shape index (κ1) is 29.8. The number of halogens is 1. The second-order valence-corrected chi connectivity index (χ2v) is 12.3. The number of nitrogens with zero attached hydrogens (tertiary/aromatic N) is 2. The molecule has 0 aliphatic rings. The fraction of sp³-hybridized carbons (Fsp3) is 0.333. The van der Waals surface area contributed by atoms with Crippen LogP contribution in [0, 0.1) is 12.7 Å². The highest BCUT2D eigenvalue weighted by molar-refractivity contribution is 7.92. The first-order valence-electron chi connectivity index (χ1n) is 12.8. The summed E-state index contributed by atoms with van der Waals surface area (Å²) in [6.07, 6.45) is 0.329. The maximum Gasteiger partial charge on any atom is 0.264 e. The molecule has 9 heteroatoms. The average molecular weight is 554 g/mol. The number of anilines is 1. The van der Waals surface area contributed by atoms with Crippen LogP contribution >= 0.6 is 0 Å². The number of carbonyl (C=O) groups is 2. The summed E-state index contributed by atoms with van der Waals surface area (Å²) in [6, 6.07) is 19.5. The van der Waals surface area contributed by atoms with Gasteiger partial charge >= 0.3 is 0 Å². The molecule has 0 radical (unpaired) electrons. The van der Waals surface area contributed by atoms with Crippen LogP contribution < -0.4 is 9.62 Å². The predicted molar refractivity (Wildman–Crippen MR) is 151 cm³/mol. The number of benzene rings is 3. The third kappa shape index (κ3) is 7.89. The van der Waals surface area contributed by atoms with Crippen molar-refractivity contribution >= 4 is 27.5 Å². The molecule has 3 aromatic carbocycles. The number of rotatable bonds is 10. The van der Waals surface area contributed by atoms with Crippen molar-refractivity contribution < 1.29 is 22.4 Å². The molecule has 0 unspecified atom stereocenters. The Labute approximate surface area is 230 Å². The number of hydrogen-bond donors (Lipinski definition) is 1. The molecule has 0 heterocycles. The van der Waals surface area contributed by atoms with Gasteiger partial charge in [0, 0.05) is 12.1 Å². The molecule has 3 aromatic rings. The molecule has 7 nitrogen and oxygen atoms in total. The zero-order valence-corrected chi connectivity index (χ0v) is 23.8.